The molecule has 1 aromatic carbocycles. The van der Waals surface area contributed by atoms with Crippen LogP contribution in [0.15, 0.2) is 35.3 Å². The minimum Gasteiger partial charge on any atom is -0.457 e. The number of anilines is 1. The number of aliphatic hydroxyl groups is 2. The van der Waals surface area contributed by atoms with Gasteiger partial charge in [-0.25, -0.2) is 9.79 Å². The predicted octanol–water partition coefficient (Wildman–Crippen LogP) is -0.718. The van der Waals surface area contributed by atoms with E-state index in [0.29, 0.717) is 0 Å². The van der Waals surface area contributed by atoms with Crippen LogP contribution in [-0.2, 0) is 9.53 Å². The van der Waals surface area contributed by atoms with Gasteiger partial charge >= 0.3 is 5.97 Å². The monoisotopic (exact) mass is 265 g/mol. The molecule has 1 heterocycles. The first-order chi connectivity index (χ1) is 9.19. The van der Waals surface area contributed by atoms with Crippen LogP contribution in [0.25, 0.3) is 0 Å². The molecular weight excluding hydrogens is 250 g/mol. The maximum Gasteiger partial charge on any atom is 0.375 e. The van der Waals surface area contributed by atoms with Gasteiger partial charge < -0.3 is 14.9 Å². The van der Waals surface area contributed by atoms with Gasteiger partial charge in [0.25, 0.3) is 0 Å². The Morgan fingerprint density at radius 2 is 1.89 bits per heavy atom. The highest BCUT2D eigenvalue weighted by Crippen LogP contribution is 2.15. The summed E-state index contributed by atoms with van der Waals surface area (Å²) >= 11 is 0. The molecule has 4 N–H and O–H groups in total. The number of para-hydroxylation sites is 1. The van der Waals surface area contributed by atoms with E-state index in [1.807, 2.05) is 18.2 Å². The van der Waals surface area contributed by atoms with Gasteiger partial charge in [-0.2, -0.15) is 0 Å². The van der Waals surface area contributed by atoms with Crippen molar-refractivity contribution in [1.29, 1.82) is 0 Å². The second-order valence-corrected chi connectivity index (χ2v) is 4.19. The molecule has 1 aliphatic rings. The standard InChI is InChI=1S/C12H15N3O4/c16-6-12(7-17)8-19-11(18)10(13-12)15-14-9-4-2-1-3-5-9/h1-5,14,16-17H,6-8H2,(H,13,15). The van der Waals surface area contributed by atoms with Gasteiger partial charge in [-0.05, 0) is 12.1 Å². The number of carbonyl (C=O) groups excluding carboxylic acids is 1. The Morgan fingerprint density at radius 1 is 1.21 bits per heavy atom. The minimum atomic E-state index is -1.19. The summed E-state index contributed by atoms with van der Waals surface area (Å²) in [4.78, 5) is 15.5. The minimum absolute atomic E-state index is 0.0850. The van der Waals surface area contributed by atoms with E-state index in [2.05, 4.69) is 15.8 Å². The molecule has 2 rings (SSSR count). The number of hydrogen-bond donors (Lipinski definition) is 4. The van der Waals surface area contributed by atoms with E-state index >= 15 is 0 Å². The average molecular weight is 265 g/mol. The highest BCUT2D eigenvalue weighted by molar-refractivity contribution is 6.36. The van der Waals surface area contributed by atoms with Crippen molar-refractivity contribution in [3.05, 3.63) is 30.3 Å². The first-order valence-electron chi connectivity index (χ1n) is 5.75. The van der Waals surface area contributed by atoms with Gasteiger partial charge in [0, 0.05) is 0 Å². The third kappa shape index (κ3) is 3.01. The lowest BCUT2D eigenvalue weighted by Crippen LogP contribution is -2.51. The Labute approximate surface area is 109 Å². The van der Waals surface area contributed by atoms with Crippen molar-refractivity contribution in [3.8, 4) is 0 Å². The average Bonchev–Trinajstić information content (AvgIpc) is 2.48. The van der Waals surface area contributed by atoms with E-state index in [-0.39, 0.29) is 12.4 Å². The Kier molecular flexibility index (Phi) is 3.98. The Morgan fingerprint density at radius 3 is 2.53 bits per heavy atom. The molecule has 0 aliphatic carbocycles. The predicted molar refractivity (Wildman–Crippen MR) is 68.5 cm³/mol. The lowest BCUT2D eigenvalue weighted by molar-refractivity contribution is -0.140. The zero-order valence-corrected chi connectivity index (χ0v) is 10.2. The van der Waals surface area contributed by atoms with E-state index in [1.54, 1.807) is 12.1 Å². The molecule has 0 aromatic heterocycles. The highest BCUT2D eigenvalue weighted by atomic mass is 16.5. The zero-order valence-electron chi connectivity index (χ0n) is 10.2. The summed E-state index contributed by atoms with van der Waals surface area (Å²) in [6, 6.07) is 9.12. The van der Waals surface area contributed by atoms with E-state index in [1.165, 1.54) is 0 Å². The molecule has 7 heteroatoms. The molecule has 0 spiro atoms. The quantitative estimate of drug-likeness (QED) is 0.423. The normalized spacial score (nSPS) is 17.4. The molecule has 1 aromatic rings. The molecule has 0 fully saturated rings. The first kappa shape index (κ1) is 13.3. The summed E-state index contributed by atoms with van der Waals surface area (Å²) in [6.07, 6.45) is 0. The van der Waals surface area contributed by atoms with Crippen molar-refractivity contribution in [2.45, 2.75) is 5.54 Å². The number of esters is 1. The fraction of sp³-hybridized carbons (Fsp3) is 0.333. The molecule has 0 amide bonds. The number of aliphatic imine (C=N–C) groups is 1. The second kappa shape index (κ2) is 5.68. The van der Waals surface area contributed by atoms with Crippen molar-refractivity contribution in [3.63, 3.8) is 0 Å². The zero-order chi connectivity index (χ0) is 13.7. The van der Waals surface area contributed by atoms with E-state index in [9.17, 15) is 15.0 Å². The number of hydrazine groups is 1. The summed E-state index contributed by atoms with van der Waals surface area (Å²) in [5.41, 5.74) is 4.95. The van der Waals surface area contributed by atoms with Crippen LogP contribution in [0, 0.1) is 0 Å². The van der Waals surface area contributed by atoms with Crippen molar-refractivity contribution in [2.24, 2.45) is 4.99 Å². The first-order valence-corrected chi connectivity index (χ1v) is 5.75. The van der Waals surface area contributed by atoms with Crippen molar-refractivity contribution >= 4 is 17.5 Å². The maximum absolute atomic E-state index is 11.5. The summed E-state index contributed by atoms with van der Waals surface area (Å²) in [5.74, 6) is -0.723. The Bertz CT molecular complexity index is 471. The van der Waals surface area contributed by atoms with Gasteiger partial charge in [-0.3, -0.25) is 10.9 Å². The number of amidine groups is 1. The number of ether oxygens (including phenoxy) is 1. The molecule has 0 unspecified atom stereocenters. The fourth-order valence-electron chi connectivity index (χ4n) is 1.53. The molecule has 7 nitrogen and oxygen atoms in total. The summed E-state index contributed by atoms with van der Waals surface area (Å²) < 4.78 is 4.88. The van der Waals surface area contributed by atoms with Crippen LogP contribution in [0.1, 0.15) is 0 Å². The van der Waals surface area contributed by atoms with Crippen LogP contribution in [0.2, 0.25) is 0 Å². The van der Waals surface area contributed by atoms with Crippen LogP contribution in [0.4, 0.5) is 5.69 Å². The Hall–Kier alpha value is -2.12. The molecular formula is C12H15N3O4. The number of cyclic esters (lactones) is 1. The lowest BCUT2D eigenvalue weighted by Gasteiger charge is -2.29. The van der Waals surface area contributed by atoms with Crippen molar-refractivity contribution in [1.82, 2.24) is 5.43 Å². The van der Waals surface area contributed by atoms with E-state index in [0.717, 1.165) is 5.69 Å². The summed E-state index contributed by atoms with van der Waals surface area (Å²) in [5, 5.41) is 18.4. The highest BCUT2D eigenvalue weighted by Gasteiger charge is 2.36. The second-order valence-electron chi connectivity index (χ2n) is 4.19. The third-order valence-corrected chi connectivity index (χ3v) is 2.70. The number of hydrogen-bond acceptors (Lipinski definition) is 7. The number of nitrogens with one attached hydrogen (secondary N) is 2. The van der Waals surface area contributed by atoms with Gasteiger partial charge in [0.1, 0.15) is 12.1 Å². The van der Waals surface area contributed by atoms with Crippen molar-refractivity contribution < 1.29 is 19.7 Å². The maximum atomic E-state index is 11.5. The van der Waals surface area contributed by atoms with Gasteiger partial charge in [-0.1, -0.05) is 18.2 Å². The summed E-state index contributed by atoms with van der Waals surface area (Å²) in [7, 11) is 0. The van der Waals surface area contributed by atoms with Crippen LogP contribution in [0.5, 0.6) is 0 Å². The molecule has 102 valence electrons. The molecule has 0 bridgehead atoms. The largest absolute Gasteiger partial charge is 0.457 e. The van der Waals surface area contributed by atoms with Gasteiger partial charge in [0.2, 0.25) is 5.84 Å². The summed E-state index contributed by atoms with van der Waals surface area (Å²) in [6.45, 7) is -0.962. The van der Waals surface area contributed by atoms with E-state index in [4.69, 9.17) is 4.74 Å². The lowest BCUT2D eigenvalue weighted by atomic mass is 10.0. The fourth-order valence-corrected chi connectivity index (χ4v) is 1.53. The van der Waals surface area contributed by atoms with E-state index < -0.39 is 24.7 Å². The number of rotatable bonds is 4. The number of aliphatic hydroxyl groups excluding tert-OH is 2. The molecule has 0 radical (unpaired) electrons. The van der Waals surface area contributed by atoms with Crippen molar-refractivity contribution in [2.75, 3.05) is 25.2 Å². The van der Waals surface area contributed by atoms with Crippen LogP contribution < -0.4 is 10.9 Å². The Balaban J connectivity index is 2.09. The molecule has 0 saturated carbocycles. The van der Waals surface area contributed by atoms with Crippen LogP contribution >= 0.6 is 0 Å². The molecule has 1 aliphatic heterocycles. The molecule has 0 saturated heterocycles. The van der Waals surface area contributed by atoms with Gasteiger partial charge in [0.15, 0.2) is 0 Å². The van der Waals surface area contributed by atoms with Gasteiger partial charge in [-0.15, -0.1) is 0 Å². The number of carbonyl (C=O) groups is 1. The topological polar surface area (TPSA) is 103 Å². The number of nitrogens with zero attached hydrogens (tertiary/aromatic N) is 1. The molecule has 0 atom stereocenters. The SMILES string of the molecule is O=C1OCC(CO)(CO)N=C1NNc1ccccc1. The van der Waals surface area contributed by atoms with Crippen LogP contribution in [0.3, 0.4) is 0 Å². The smallest absolute Gasteiger partial charge is 0.375 e. The van der Waals surface area contributed by atoms with Crippen LogP contribution in [-0.4, -0.2) is 47.4 Å². The van der Waals surface area contributed by atoms with Gasteiger partial charge in [0.05, 0.1) is 18.9 Å². The third-order valence-electron chi connectivity index (χ3n) is 2.70. The molecule has 19 heavy (non-hydrogen) atoms. The number of benzene rings is 1.